The summed E-state index contributed by atoms with van der Waals surface area (Å²) in [5, 5.41) is 3.11. The van der Waals surface area contributed by atoms with E-state index in [0.717, 1.165) is 34.7 Å². The average Bonchev–Trinajstić information content (AvgIpc) is 2.97. The molecule has 0 radical (unpaired) electrons. The molecule has 41 heavy (non-hydrogen) atoms. The highest BCUT2D eigenvalue weighted by Crippen LogP contribution is 2.26. The molecule has 5 nitrogen and oxygen atoms in total. The number of rotatable bonds is 20. The minimum Gasteiger partial charge on any atom is -1.00 e. The molecule has 3 rings (SSSR count). The number of amides is 1. The third-order valence-electron chi connectivity index (χ3n) is 7.30. The van der Waals surface area contributed by atoms with Crippen LogP contribution in [0.4, 0.5) is 5.69 Å². The number of carbonyl (C=O) groups is 1. The van der Waals surface area contributed by atoms with E-state index < -0.39 is 0 Å². The fourth-order valence-corrected chi connectivity index (χ4v) is 4.95. The third-order valence-corrected chi connectivity index (χ3v) is 7.30. The lowest BCUT2D eigenvalue weighted by Gasteiger charge is -2.14. The Morgan fingerprint density at radius 1 is 0.756 bits per heavy atom. The lowest BCUT2D eigenvalue weighted by Crippen LogP contribution is -3.00. The first-order valence-corrected chi connectivity index (χ1v) is 15.3. The number of methoxy groups -OCH3 is 1. The van der Waals surface area contributed by atoms with Crippen LogP contribution in [0.15, 0.2) is 73.1 Å². The van der Waals surface area contributed by atoms with Gasteiger partial charge in [0.1, 0.15) is 11.5 Å². The number of unbranched alkanes of at least 4 members (excludes halogenated alkanes) is 11. The molecule has 0 bridgehead atoms. The highest BCUT2D eigenvalue weighted by molar-refractivity contribution is 5.93. The van der Waals surface area contributed by atoms with Crippen LogP contribution >= 0.6 is 0 Å². The molecule has 0 unspecified atom stereocenters. The number of aromatic nitrogens is 1. The fourth-order valence-electron chi connectivity index (χ4n) is 4.95. The van der Waals surface area contributed by atoms with Crippen LogP contribution in [-0.2, 0) is 17.8 Å². The number of benzene rings is 2. The van der Waals surface area contributed by atoms with E-state index >= 15 is 0 Å². The van der Waals surface area contributed by atoms with Crippen molar-refractivity contribution in [2.75, 3.05) is 19.0 Å². The van der Waals surface area contributed by atoms with Crippen molar-refractivity contribution in [1.82, 2.24) is 0 Å². The molecule has 1 amide bonds. The summed E-state index contributed by atoms with van der Waals surface area (Å²) in [4.78, 5) is 13.1. The average molecular weight is 626 g/mol. The number of halogens is 1. The molecule has 224 valence electrons. The SMILES string of the molecule is CCCCCCCCCCCCCCOc1cc(OC)ccc1CC(=O)Nc1ccccc1C[n+]1ccccc1.[Br-]. The third kappa shape index (κ3) is 13.6. The number of anilines is 1. The topological polar surface area (TPSA) is 51.4 Å². The molecule has 0 saturated carbocycles. The van der Waals surface area contributed by atoms with Gasteiger partial charge in [-0.25, -0.2) is 4.57 Å². The smallest absolute Gasteiger partial charge is 0.228 e. The lowest BCUT2D eigenvalue weighted by atomic mass is 10.1. The first kappa shape index (κ1) is 34.3. The zero-order chi connectivity index (χ0) is 28.3. The molecule has 1 N–H and O–H groups in total. The number of hydrogen-bond donors (Lipinski definition) is 1. The Labute approximate surface area is 258 Å². The molecule has 0 aliphatic rings. The molecule has 0 fully saturated rings. The summed E-state index contributed by atoms with van der Waals surface area (Å²) in [5.41, 5.74) is 2.76. The summed E-state index contributed by atoms with van der Waals surface area (Å²) in [5.74, 6) is 1.40. The molecule has 0 saturated heterocycles. The van der Waals surface area contributed by atoms with Gasteiger partial charge in [-0.1, -0.05) is 108 Å². The Kier molecular flexibility index (Phi) is 17.5. The first-order valence-electron chi connectivity index (χ1n) is 15.3. The maximum absolute atomic E-state index is 13.1. The second kappa shape index (κ2) is 20.9. The number of para-hydroxylation sites is 1. The number of nitrogens with one attached hydrogen (secondary N) is 1. The van der Waals surface area contributed by atoms with Crippen molar-refractivity contribution < 1.29 is 35.8 Å². The van der Waals surface area contributed by atoms with E-state index in [4.69, 9.17) is 9.47 Å². The first-order chi connectivity index (χ1) is 19.7. The normalized spacial score (nSPS) is 10.6. The van der Waals surface area contributed by atoms with E-state index in [2.05, 4.69) is 16.8 Å². The Morgan fingerprint density at radius 2 is 1.39 bits per heavy atom. The van der Waals surface area contributed by atoms with Gasteiger partial charge in [0.25, 0.3) is 0 Å². The highest BCUT2D eigenvalue weighted by atomic mass is 79.9. The van der Waals surface area contributed by atoms with E-state index in [0.29, 0.717) is 13.2 Å². The molecule has 3 aromatic rings. The van der Waals surface area contributed by atoms with Crippen LogP contribution in [0, 0.1) is 0 Å². The molecule has 1 heterocycles. The Balaban J connectivity index is 0.00000588. The monoisotopic (exact) mass is 624 g/mol. The number of ether oxygens (including phenoxy) is 2. The van der Waals surface area contributed by atoms with Gasteiger partial charge < -0.3 is 31.8 Å². The van der Waals surface area contributed by atoms with Gasteiger partial charge in [-0.2, -0.15) is 0 Å². The Bertz CT molecular complexity index is 1120. The highest BCUT2D eigenvalue weighted by Gasteiger charge is 2.14. The molecular formula is C35H49BrN2O3. The number of carbonyl (C=O) groups excluding carboxylic acids is 1. The van der Waals surface area contributed by atoms with Crippen molar-refractivity contribution in [3.05, 3.63) is 84.2 Å². The number of hydrogen-bond acceptors (Lipinski definition) is 3. The van der Waals surface area contributed by atoms with Crippen LogP contribution < -0.4 is 36.3 Å². The molecule has 0 atom stereocenters. The minimum atomic E-state index is -0.0640. The van der Waals surface area contributed by atoms with E-state index in [1.165, 1.54) is 70.6 Å². The van der Waals surface area contributed by atoms with Crippen LogP contribution in [0.1, 0.15) is 95.1 Å². The molecular weight excluding hydrogens is 576 g/mol. The maximum Gasteiger partial charge on any atom is 0.228 e. The largest absolute Gasteiger partial charge is 1.00 e. The maximum atomic E-state index is 13.1. The quantitative estimate of drug-likeness (QED) is 0.137. The van der Waals surface area contributed by atoms with Crippen molar-refractivity contribution in [2.24, 2.45) is 0 Å². The van der Waals surface area contributed by atoms with Crippen LogP contribution in [0.2, 0.25) is 0 Å². The molecule has 0 aliphatic carbocycles. The Hall–Kier alpha value is -2.86. The van der Waals surface area contributed by atoms with Crippen molar-refractivity contribution in [2.45, 2.75) is 96.9 Å². The second-order valence-electron chi connectivity index (χ2n) is 10.6. The van der Waals surface area contributed by atoms with Gasteiger partial charge in [-0.15, -0.1) is 0 Å². The van der Waals surface area contributed by atoms with Crippen molar-refractivity contribution >= 4 is 11.6 Å². The van der Waals surface area contributed by atoms with Crippen molar-refractivity contribution in [1.29, 1.82) is 0 Å². The molecule has 1 aromatic heterocycles. The van der Waals surface area contributed by atoms with Gasteiger partial charge >= 0.3 is 0 Å². The lowest BCUT2D eigenvalue weighted by molar-refractivity contribution is -0.688. The van der Waals surface area contributed by atoms with Crippen LogP contribution in [0.25, 0.3) is 0 Å². The van der Waals surface area contributed by atoms with Gasteiger partial charge in [0.05, 0.1) is 25.8 Å². The van der Waals surface area contributed by atoms with Crippen LogP contribution in [0.3, 0.4) is 0 Å². The molecule has 6 heteroatoms. The van der Waals surface area contributed by atoms with E-state index in [-0.39, 0.29) is 29.3 Å². The van der Waals surface area contributed by atoms with Gasteiger partial charge in [0.15, 0.2) is 18.9 Å². The summed E-state index contributed by atoms with van der Waals surface area (Å²) in [6, 6.07) is 19.7. The summed E-state index contributed by atoms with van der Waals surface area (Å²) >= 11 is 0. The Morgan fingerprint density at radius 3 is 2.05 bits per heavy atom. The molecule has 0 aliphatic heterocycles. The van der Waals surface area contributed by atoms with Crippen LogP contribution in [-0.4, -0.2) is 19.6 Å². The fraction of sp³-hybridized carbons (Fsp3) is 0.486. The van der Waals surface area contributed by atoms with Gasteiger partial charge in [-0.3, -0.25) is 4.79 Å². The van der Waals surface area contributed by atoms with Crippen molar-refractivity contribution in [3.63, 3.8) is 0 Å². The standard InChI is InChI=1S/C35H48N2O3.BrH/c1-3-4-5-6-7-8-9-10-11-12-13-19-26-40-34-28-32(39-2)23-22-30(34)27-35(38)36-33-21-16-15-20-31(33)29-37-24-17-14-18-25-37;/h14-18,20-25,28H,3-13,19,26-27,29H2,1-2H3;1H. The minimum absolute atomic E-state index is 0. The summed E-state index contributed by atoms with van der Waals surface area (Å²) in [7, 11) is 1.65. The zero-order valence-corrected chi connectivity index (χ0v) is 26.7. The van der Waals surface area contributed by atoms with E-state index in [1.54, 1.807) is 7.11 Å². The summed E-state index contributed by atoms with van der Waals surface area (Å²) in [6.07, 6.45) is 20.1. The predicted molar refractivity (Wildman–Crippen MR) is 164 cm³/mol. The van der Waals surface area contributed by atoms with Gasteiger partial charge in [0.2, 0.25) is 5.91 Å². The van der Waals surface area contributed by atoms with Gasteiger partial charge in [-0.05, 0) is 18.6 Å². The number of nitrogens with zero attached hydrogens (tertiary/aromatic N) is 1. The summed E-state index contributed by atoms with van der Waals surface area (Å²) < 4.78 is 13.7. The van der Waals surface area contributed by atoms with E-state index in [9.17, 15) is 4.79 Å². The van der Waals surface area contributed by atoms with E-state index in [1.807, 2.05) is 73.1 Å². The predicted octanol–water partition coefficient (Wildman–Crippen LogP) is 5.30. The van der Waals surface area contributed by atoms with Crippen LogP contribution in [0.5, 0.6) is 11.5 Å². The number of pyridine rings is 1. The van der Waals surface area contributed by atoms with Crippen molar-refractivity contribution in [3.8, 4) is 11.5 Å². The second-order valence-corrected chi connectivity index (χ2v) is 10.6. The zero-order valence-electron chi connectivity index (χ0n) is 25.1. The van der Waals surface area contributed by atoms with Gasteiger partial charge in [0, 0.05) is 29.3 Å². The summed E-state index contributed by atoms with van der Waals surface area (Å²) in [6.45, 7) is 3.61. The molecule has 0 spiro atoms. The molecule has 2 aromatic carbocycles.